The SMILES string of the molecule is C=C(CNC1CC1)Cn1ccnc1. The van der Waals surface area contributed by atoms with Gasteiger partial charge in [0.25, 0.3) is 0 Å². The molecule has 1 N–H and O–H groups in total. The van der Waals surface area contributed by atoms with E-state index in [9.17, 15) is 0 Å². The third-order valence-electron chi connectivity index (χ3n) is 2.18. The van der Waals surface area contributed by atoms with Crippen LogP contribution in [0.15, 0.2) is 30.9 Å². The zero-order valence-corrected chi connectivity index (χ0v) is 7.74. The molecule has 1 aliphatic carbocycles. The maximum atomic E-state index is 4.02. The molecule has 0 bridgehead atoms. The van der Waals surface area contributed by atoms with Gasteiger partial charge < -0.3 is 9.88 Å². The number of rotatable bonds is 5. The lowest BCUT2D eigenvalue weighted by molar-refractivity contribution is 0.682. The van der Waals surface area contributed by atoms with Gasteiger partial charge in [0, 0.05) is 31.5 Å². The number of imidazole rings is 1. The molecule has 1 fully saturated rings. The fraction of sp³-hybridized carbons (Fsp3) is 0.500. The van der Waals surface area contributed by atoms with E-state index in [0.717, 1.165) is 19.1 Å². The molecule has 0 saturated heterocycles. The number of nitrogens with one attached hydrogen (secondary N) is 1. The molecular weight excluding hydrogens is 162 g/mol. The quantitative estimate of drug-likeness (QED) is 0.685. The van der Waals surface area contributed by atoms with E-state index < -0.39 is 0 Å². The smallest absolute Gasteiger partial charge is 0.0948 e. The van der Waals surface area contributed by atoms with Crippen LogP contribution in [-0.4, -0.2) is 22.1 Å². The third-order valence-corrected chi connectivity index (χ3v) is 2.18. The van der Waals surface area contributed by atoms with Gasteiger partial charge in [-0.05, 0) is 18.4 Å². The van der Waals surface area contributed by atoms with E-state index in [4.69, 9.17) is 0 Å². The van der Waals surface area contributed by atoms with Gasteiger partial charge in [0.15, 0.2) is 0 Å². The predicted molar refractivity (Wildman–Crippen MR) is 52.4 cm³/mol. The molecule has 13 heavy (non-hydrogen) atoms. The van der Waals surface area contributed by atoms with Crippen LogP contribution in [0.25, 0.3) is 0 Å². The first kappa shape index (κ1) is 8.51. The fourth-order valence-electron chi connectivity index (χ4n) is 1.27. The van der Waals surface area contributed by atoms with E-state index in [0.29, 0.717) is 0 Å². The zero-order chi connectivity index (χ0) is 9.10. The molecule has 0 aliphatic heterocycles. The minimum absolute atomic E-state index is 0.763. The molecule has 2 rings (SSSR count). The van der Waals surface area contributed by atoms with Crippen molar-refractivity contribution in [3.63, 3.8) is 0 Å². The summed E-state index contributed by atoms with van der Waals surface area (Å²) in [4.78, 5) is 3.98. The van der Waals surface area contributed by atoms with Crippen molar-refractivity contribution < 1.29 is 0 Å². The molecule has 0 unspecified atom stereocenters. The Labute approximate surface area is 78.5 Å². The van der Waals surface area contributed by atoms with Crippen LogP contribution in [0, 0.1) is 0 Å². The van der Waals surface area contributed by atoms with Gasteiger partial charge in [-0.15, -0.1) is 0 Å². The zero-order valence-electron chi connectivity index (χ0n) is 7.74. The molecule has 0 atom stereocenters. The summed E-state index contributed by atoms with van der Waals surface area (Å²) >= 11 is 0. The summed E-state index contributed by atoms with van der Waals surface area (Å²) in [5.41, 5.74) is 1.21. The first-order valence-electron chi connectivity index (χ1n) is 4.70. The van der Waals surface area contributed by atoms with Crippen LogP contribution < -0.4 is 5.32 Å². The van der Waals surface area contributed by atoms with Crippen molar-refractivity contribution in [2.75, 3.05) is 6.54 Å². The van der Waals surface area contributed by atoms with Crippen molar-refractivity contribution in [1.82, 2.24) is 14.9 Å². The summed E-state index contributed by atoms with van der Waals surface area (Å²) in [5.74, 6) is 0. The van der Waals surface area contributed by atoms with Crippen molar-refractivity contribution in [3.05, 3.63) is 30.9 Å². The van der Waals surface area contributed by atoms with Crippen molar-refractivity contribution in [3.8, 4) is 0 Å². The minimum atomic E-state index is 0.763. The molecular formula is C10H15N3. The van der Waals surface area contributed by atoms with Crippen LogP contribution in [0.3, 0.4) is 0 Å². The molecule has 70 valence electrons. The van der Waals surface area contributed by atoms with E-state index >= 15 is 0 Å². The molecule has 0 spiro atoms. The van der Waals surface area contributed by atoms with Crippen LogP contribution in [0.5, 0.6) is 0 Å². The number of hydrogen-bond acceptors (Lipinski definition) is 2. The summed E-state index contributed by atoms with van der Waals surface area (Å²) < 4.78 is 2.04. The van der Waals surface area contributed by atoms with Gasteiger partial charge in [-0.2, -0.15) is 0 Å². The predicted octanol–water partition coefficient (Wildman–Crippen LogP) is 1.19. The third kappa shape index (κ3) is 2.70. The Bertz CT molecular complexity index is 272. The number of nitrogens with zero attached hydrogens (tertiary/aromatic N) is 2. The monoisotopic (exact) mass is 177 g/mol. The Hall–Kier alpha value is -1.09. The largest absolute Gasteiger partial charge is 0.333 e. The van der Waals surface area contributed by atoms with Crippen molar-refractivity contribution in [2.24, 2.45) is 0 Å². The van der Waals surface area contributed by atoms with Gasteiger partial charge in [-0.1, -0.05) is 6.58 Å². The number of aromatic nitrogens is 2. The first-order valence-corrected chi connectivity index (χ1v) is 4.70. The second kappa shape index (κ2) is 3.75. The van der Waals surface area contributed by atoms with Crippen LogP contribution in [0.4, 0.5) is 0 Å². The van der Waals surface area contributed by atoms with Crippen LogP contribution in [0.2, 0.25) is 0 Å². The minimum Gasteiger partial charge on any atom is -0.333 e. The Morgan fingerprint density at radius 1 is 1.62 bits per heavy atom. The summed E-state index contributed by atoms with van der Waals surface area (Å²) in [5, 5.41) is 3.44. The topological polar surface area (TPSA) is 29.9 Å². The maximum Gasteiger partial charge on any atom is 0.0948 e. The van der Waals surface area contributed by atoms with Gasteiger partial charge in [0.2, 0.25) is 0 Å². The van der Waals surface area contributed by atoms with Crippen LogP contribution in [-0.2, 0) is 6.54 Å². The summed E-state index contributed by atoms with van der Waals surface area (Å²) in [6.07, 6.45) is 8.24. The fourth-order valence-corrected chi connectivity index (χ4v) is 1.27. The maximum absolute atomic E-state index is 4.02. The first-order chi connectivity index (χ1) is 6.34. The van der Waals surface area contributed by atoms with E-state index in [2.05, 4.69) is 16.9 Å². The van der Waals surface area contributed by atoms with Gasteiger partial charge >= 0.3 is 0 Å². The molecule has 1 aliphatic rings. The molecule has 0 aromatic carbocycles. The van der Waals surface area contributed by atoms with Crippen molar-refractivity contribution in [2.45, 2.75) is 25.4 Å². The lowest BCUT2D eigenvalue weighted by atomic mass is 10.3. The second-order valence-corrected chi connectivity index (χ2v) is 3.64. The van der Waals surface area contributed by atoms with Crippen LogP contribution in [0.1, 0.15) is 12.8 Å². The molecule has 3 nitrogen and oxygen atoms in total. The second-order valence-electron chi connectivity index (χ2n) is 3.64. The normalized spacial score (nSPS) is 16.0. The highest BCUT2D eigenvalue weighted by Crippen LogP contribution is 2.18. The van der Waals surface area contributed by atoms with E-state index in [1.807, 2.05) is 17.1 Å². The molecule has 1 aromatic rings. The Morgan fingerprint density at radius 2 is 2.46 bits per heavy atom. The number of hydrogen-bond donors (Lipinski definition) is 1. The Morgan fingerprint density at radius 3 is 3.08 bits per heavy atom. The lowest BCUT2D eigenvalue weighted by Crippen LogP contribution is -2.20. The van der Waals surface area contributed by atoms with Crippen molar-refractivity contribution >= 4 is 0 Å². The average molecular weight is 177 g/mol. The summed E-state index contributed by atoms with van der Waals surface area (Å²) in [7, 11) is 0. The Balaban J connectivity index is 1.71. The van der Waals surface area contributed by atoms with Gasteiger partial charge in [-0.3, -0.25) is 0 Å². The molecule has 0 amide bonds. The highest BCUT2D eigenvalue weighted by molar-refractivity contribution is 5.00. The molecule has 1 heterocycles. The van der Waals surface area contributed by atoms with E-state index in [1.54, 1.807) is 6.20 Å². The van der Waals surface area contributed by atoms with Crippen molar-refractivity contribution in [1.29, 1.82) is 0 Å². The summed E-state index contributed by atoms with van der Waals surface area (Å²) in [6.45, 7) is 5.83. The average Bonchev–Trinajstić information content (AvgIpc) is 2.82. The van der Waals surface area contributed by atoms with Gasteiger partial charge in [0.1, 0.15) is 0 Å². The Kier molecular flexibility index (Phi) is 2.45. The molecule has 3 heteroatoms. The molecule has 1 saturated carbocycles. The molecule has 0 radical (unpaired) electrons. The van der Waals surface area contributed by atoms with E-state index in [1.165, 1.54) is 18.4 Å². The van der Waals surface area contributed by atoms with E-state index in [-0.39, 0.29) is 0 Å². The highest BCUT2D eigenvalue weighted by atomic mass is 15.0. The van der Waals surface area contributed by atoms with Gasteiger partial charge in [-0.25, -0.2) is 4.98 Å². The highest BCUT2D eigenvalue weighted by Gasteiger charge is 2.19. The molecule has 1 aromatic heterocycles. The van der Waals surface area contributed by atoms with Gasteiger partial charge in [0.05, 0.1) is 6.33 Å². The standard InChI is InChI=1S/C10H15N3/c1-9(6-12-10-2-3-10)7-13-5-4-11-8-13/h4-5,8,10,12H,1-3,6-7H2. The lowest BCUT2D eigenvalue weighted by Gasteiger charge is -2.06. The van der Waals surface area contributed by atoms with Crippen LogP contribution >= 0.6 is 0 Å². The summed E-state index contributed by atoms with van der Waals surface area (Å²) in [6, 6.07) is 0.763.